The van der Waals surface area contributed by atoms with Crippen LogP contribution >= 0.6 is 0 Å². The molecule has 3 heteroatoms. The fraction of sp³-hybridized carbons (Fsp3) is 0.871. The maximum Gasteiger partial charge on any atom is 0.229 e. The van der Waals surface area contributed by atoms with E-state index in [1.807, 2.05) is 0 Å². The Kier molecular flexibility index (Phi) is 16.7. The fourth-order valence-electron chi connectivity index (χ4n) is 5.02. The molecule has 198 valence electrons. The van der Waals surface area contributed by atoms with Crippen molar-refractivity contribution in [3.05, 3.63) is 31.6 Å². The molecule has 34 heavy (non-hydrogen) atoms. The molecule has 0 saturated heterocycles. The van der Waals surface area contributed by atoms with Crippen LogP contribution in [0.2, 0.25) is 0 Å². The highest BCUT2D eigenvalue weighted by molar-refractivity contribution is 5.33. The topological polar surface area (TPSA) is 37.4 Å². The minimum Gasteiger partial charge on any atom is -0.303 e. The summed E-state index contributed by atoms with van der Waals surface area (Å²) in [7, 11) is 0. The zero-order chi connectivity index (χ0) is 25.2. The smallest absolute Gasteiger partial charge is 0.229 e. The highest BCUT2D eigenvalue weighted by Gasteiger charge is 2.20. The van der Waals surface area contributed by atoms with Gasteiger partial charge in [-0.3, -0.25) is 9.59 Å². The highest BCUT2D eigenvalue weighted by Crippen LogP contribution is 2.22. The van der Waals surface area contributed by atoms with E-state index >= 15 is 0 Å². The molecule has 1 aromatic carbocycles. The zero-order valence-electron chi connectivity index (χ0n) is 23.6. The molecule has 0 saturated carbocycles. The predicted molar refractivity (Wildman–Crippen MR) is 150 cm³/mol. The van der Waals surface area contributed by atoms with Crippen molar-refractivity contribution in [3.63, 3.8) is 0 Å². The van der Waals surface area contributed by atoms with Crippen LogP contribution in [-0.2, 0) is 12.8 Å². The molecule has 0 heterocycles. The summed E-state index contributed by atoms with van der Waals surface area (Å²) in [4.78, 5) is 27.0. The van der Waals surface area contributed by atoms with Crippen LogP contribution in [0.25, 0.3) is 0 Å². The lowest BCUT2D eigenvalue weighted by atomic mass is 9.87. The maximum atomic E-state index is 12.2. The summed E-state index contributed by atoms with van der Waals surface area (Å²) >= 11 is 0. The summed E-state index contributed by atoms with van der Waals surface area (Å²) in [6, 6.07) is 0. The van der Waals surface area contributed by atoms with Crippen LogP contribution in [0.15, 0.2) is 9.59 Å². The Morgan fingerprint density at radius 1 is 0.529 bits per heavy atom. The second kappa shape index (κ2) is 18.3. The van der Waals surface area contributed by atoms with E-state index in [0.29, 0.717) is 5.41 Å². The third kappa shape index (κ3) is 13.8. The van der Waals surface area contributed by atoms with Gasteiger partial charge >= 0.3 is 0 Å². The average Bonchev–Trinajstić information content (AvgIpc) is 2.80. The summed E-state index contributed by atoms with van der Waals surface area (Å²) in [6.45, 7) is 14.8. The Hall–Kier alpha value is -0.960. The van der Waals surface area contributed by atoms with Crippen molar-refractivity contribution in [1.29, 1.82) is 0 Å². The first-order valence-corrected chi connectivity index (χ1v) is 14.8. The molecule has 0 atom stereocenters. The Morgan fingerprint density at radius 2 is 0.941 bits per heavy atom. The van der Waals surface area contributed by atoms with Crippen molar-refractivity contribution in [2.45, 2.75) is 150 Å². The van der Waals surface area contributed by atoms with E-state index < -0.39 is 0 Å². The number of nitrogens with zero attached hydrogens (tertiary/aromatic N) is 1. The van der Waals surface area contributed by atoms with E-state index in [0.717, 1.165) is 49.8 Å². The van der Waals surface area contributed by atoms with Gasteiger partial charge in [0.25, 0.3) is 0 Å². The van der Waals surface area contributed by atoms with E-state index in [9.17, 15) is 9.59 Å². The summed E-state index contributed by atoms with van der Waals surface area (Å²) in [5.41, 5.74) is 1.68. The molecule has 0 amide bonds. The average molecular weight is 476 g/mol. The second-order valence-corrected chi connectivity index (χ2v) is 11.9. The molecule has 1 rings (SSSR count). The molecule has 0 aliphatic carbocycles. The number of hydrogen-bond acceptors (Lipinski definition) is 3. The van der Waals surface area contributed by atoms with Gasteiger partial charge in [0, 0.05) is 11.1 Å². The molecule has 0 fully saturated rings. The van der Waals surface area contributed by atoms with Crippen LogP contribution < -0.4 is 10.9 Å². The molecule has 0 bridgehead atoms. The van der Waals surface area contributed by atoms with Crippen LogP contribution in [-0.4, -0.2) is 24.5 Å². The molecule has 0 aliphatic rings. The summed E-state index contributed by atoms with van der Waals surface area (Å²) < 4.78 is 0. The summed E-state index contributed by atoms with van der Waals surface area (Å²) in [6.07, 6.45) is 22.0. The highest BCUT2D eigenvalue weighted by atomic mass is 16.2. The molecule has 0 unspecified atom stereocenters. The lowest BCUT2D eigenvalue weighted by Crippen LogP contribution is -2.40. The van der Waals surface area contributed by atoms with Crippen molar-refractivity contribution in [2.75, 3.05) is 19.6 Å². The second-order valence-electron chi connectivity index (χ2n) is 11.9. The first-order valence-electron chi connectivity index (χ1n) is 14.8. The number of rotatable bonds is 22. The lowest BCUT2D eigenvalue weighted by Gasteiger charge is -2.23. The first kappa shape index (κ1) is 31.1. The third-order valence-corrected chi connectivity index (χ3v) is 7.28. The van der Waals surface area contributed by atoms with E-state index in [-0.39, 0.29) is 10.9 Å². The zero-order valence-corrected chi connectivity index (χ0v) is 23.6. The van der Waals surface area contributed by atoms with Gasteiger partial charge in [-0.05, 0) is 70.0 Å². The van der Waals surface area contributed by atoms with E-state index in [4.69, 9.17) is 0 Å². The SMILES string of the molecule is CCCCCCCCN(CCCCCCCC)CCCc1c(CCCCC(C)(C)C)c(=O)c1=O. The quantitative estimate of drug-likeness (QED) is 0.126. The van der Waals surface area contributed by atoms with Gasteiger partial charge in [0.15, 0.2) is 0 Å². The number of hydrogen-bond donors (Lipinski definition) is 0. The van der Waals surface area contributed by atoms with Crippen LogP contribution in [0.5, 0.6) is 0 Å². The third-order valence-electron chi connectivity index (χ3n) is 7.28. The van der Waals surface area contributed by atoms with Crippen molar-refractivity contribution in [1.82, 2.24) is 4.90 Å². The van der Waals surface area contributed by atoms with Crippen molar-refractivity contribution < 1.29 is 0 Å². The first-order chi connectivity index (χ1) is 16.3. The van der Waals surface area contributed by atoms with Crippen LogP contribution in [0.1, 0.15) is 148 Å². The van der Waals surface area contributed by atoms with Crippen molar-refractivity contribution in [2.24, 2.45) is 5.41 Å². The van der Waals surface area contributed by atoms with Gasteiger partial charge in [-0.1, -0.05) is 105 Å². The van der Waals surface area contributed by atoms with Gasteiger partial charge in [0.1, 0.15) is 0 Å². The molecule has 0 radical (unpaired) electrons. The Morgan fingerprint density at radius 3 is 1.41 bits per heavy atom. The minimum atomic E-state index is -0.193. The summed E-state index contributed by atoms with van der Waals surface area (Å²) in [5.74, 6) is 0. The van der Waals surface area contributed by atoms with Crippen LogP contribution in [0.3, 0.4) is 0 Å². The monoisotopic (exact) mass is 475 g/mol. The minimum absolute atomic E-state index is 0.191. The van der Waals surface area contributed by atoms with Gasteiger partial charge in [-0.25, -0.2) is 0 Å². The fourth-order valence-corrected chi connectivity index (χ4v) is 5.02. The van der Waals surface area contributed by atoms with Gasteiger partial charge in [-0.15, -0.1) is 0 Å². The Labute approximate surface area is 211 Å². The van der Waals surface area contributed by atoms with Gasteiger partial charge in [0.2, 0.25) is 10.9 Å². The van der Waals surface area contributed by atoms with Crippen LogP contribution in [0, 0.1) is 5.41 Å². The predicted octanol–water partition coefficient (Wildman–Crippen LogP) is 8.00. The molecule has 0 aliphatic heterocycles. The number of unbranched alkanes of at least 4 members (excludes halogenated alkanes) is 11. The standard InChI is InChI=1S/C31H57NO2/c1-6-8-10-12-14-18-24-32(25-19-15-13-11-9-7-2)26-20-22-28-27(29(33)30(28)34)21-16-17-23-31(3,4)5/h6-26H2,1-5H3. The molecular weight excluding hydrogens is 418 g/mol. The Balaban J connectivity index is 2.44. The molecule has 0 N–H and O–H groups in total. The molecular formula is C31H57NO2. The largest absolute Gasteiger partial charge is 0.303 e. The molecule has 3 nitrogen and oxygen atoms in total. The molecule has 0 aromatic heterocycles. The van der Waals surface area contributed by atoms with Gasteiger partial charge in [0.05, 0.1) is 0 Å². The van der Waals surface area contributed by atoms with Gasteiger partial charge < -0.3 is 4.90 Å². The summed E-state index contributed by atoms with van der Waals surface area (Å²) in [5, 5.41) is 0. The Bertz CT molecular complexity index is 677. The molecule has 0 spiro atoms. The normalized spacial score (nSPS) is 12.3. The lowest BCUT2D eigenvalue weighted by molar-refractivity contribution is 0.257. The van der Waals surface area contributed by atoms with E-state index in [2.05, 4.69) is 39.5 Å². The van der Waals surface area contributed by atoms with E-state index in [1.54, 1.807) is 0 Å². The van der Waals surface area contributed by atoms with Crippen molar-refractivity contribution >= 4 is 0 Å². The van der Waals surface area contributed by atoms with Gasteiger partial charge in [-0.2, -0.15) is 0 Å². The molecule has 1 aromatic rings. The van der Waals surface area contributed by atoms with E-state index in [1.165, 1.54) is 96.6 Å². The van der Waals surface area contributed by atoms with Crippen molar-refractivity contribution in [3.8, 4) is 0 Å². The maximum absolute atomic E-state index is 12.2. The van der Waals surface area contributed by atoms with Crippen LogP contribution in [0.4, 0.5) is 0 Å².